The molecule has 0 radical (unpaired) electrons. The number of hydrogen-bond acceptors (Lipinski definition) is 4. The maximum absolute atomic E-state index is 13.4. The van der Waals surface area contributed by atoms with Crippen molar-refractivity contribution in [3.63, 3.8) is 0 Å². The minimum atomic E-state index is 0.0712. The molecule has 1 atom stereocenters. The van der Waals surface area contributed by atoms with Crippen LogP contribution in [0.25, 0.3) is 5.65 Å². The van der Waals surface area contributed by atoms with Gasteiger partial charge in [-0.15, -0.1) is 0 Å². The summed E-state index contributed by atoms with van der Waals surface area (Å²) >= 11 is 0. The second-order valence-corrected chi connectivity index (χ2v) is 10.5. The smallest absolute Gasteiger partial charge is 0.277 e. The summed E-state index contributed by atoms with van der Waals surface area (Å²) in [4.78, 5) is 35.7. The predicted octanol–water partition coefficient (Wildman–Crippen LogP) is 3.39. The third kappa shape index (κ3) is 3.94. The lowest BCUT2D eigenvalue weighted by Gasteiger charge is -2.34. The summed E-state index contributed by atoms with van der Waals surface area (Å²) in [5.74, 6) is 0.831. The Balaban J connectivity index is 1.17. The van der Waals surface area contributed by atoms with Gasteiger partial charge in [-0.3, -0.25) is 19.6 Å². The van der Waals surface area contributed by atoms with Gasteiger partial charge in [0.15, 0.2) is 5.65 Å². The molecule has 4 aliphatic rings. The number of aromatic amines is 1. The van der Waals surface area contributed by atoms with Crippen LogP contribution in [-0.4, -0.2) is 56.0 Å². The van der Waals surface area contributed by atoms with E-state index < -0.39 is 0 Å². The molecular weight excluding hydrogens is 414 g/mol. The fraction of sp³-hybridized carbons (Fsp3) is 0.654. The number of rotatable bonds is 3. The van der Waals surface area contributed by atoms with Crippen molar-refractivity contribution in [1.82, 2.24) is 24.4 Å². The number of piperidine rings is 1. The van der Waals surface area contributed by atoms with E-state index in [0.717, 1.165) is 87.3 Å². The van der Waals surface area contributed by atoms with Crippen LogP contribution in [0, 0.1) is 5.92 Å². The molecule has 0 bridgehead atoms. The number of hydrogen-bond donors (Lipinski definition) is 1. The molecule has 0 aromatic carbocycles. The molecule has 1 N–H and O–H groups in total. The minimum Gasteiger partial charge on any atom is -0.342 e. The molecule has 1 saturated carbocycles. The fourth-order valence-corrected chi connectivity index (χ4v) is 6.50. The molecule has 2 aromatic rings. The minimum absolute atomic E-state index is 0.0712. The number of H-pyrrole nitrogens is 1. The van der Waals surface area contributed by atoms with Gasteiger partial charge in [-0.05, 0) is 44.9 Å². The second kappa shape index (κ2) is 8.75. The first kappa shape index (κ1) is 21.1. The van der Waals surface area contributed by atoms with Crippen LogP contribution < -0.4 is 5.56 Å². The molecule has 2 aromatic heterocycles. The highest BCUT2D eigenvalue weighted by Gasteiger charge is 2.31. The van der Waals surface area contributed by atoms with Crippen LogP contribution in [0.4, 0.5) is 0 Å². The molecule has 2 aliphatic heterocycles. The van der Waals surface area contributed by atoms with Crippen LogP contribution in [0.5, 0.6) is 0 Å². The van der Waals surface area contributed by atoms with Crippen molar-refractivity contribution in [2.24, 2.45) is 5.92 Å². The van der Waals surface area contributed by atoms with Gasteiger partial charge in [0.2, 0.25) is 5.91 Å². The predicted molar refractivity (Wildman–Crippen MR) is 127 cm³/mol. The zero-order valence-corrected chi connectivity index (χ0v) is 19.5. The summed E-state index contributed by atoms with van der Waals surface area (Å²) in [6.45, 7) is 3.35. The Bertz CT molecular complexity index is 1120. The van der Waals surface area contributed by atoms with Gasteiger partial charge in [0.25, 0.3) is 5.56 Å². The molecule has 4 heterocycles. The van der Waals surface area contributed by atoms with Crippen LogP contribution in [0.3, 0.4) is 0 Å². The average molecular weight is 450 g/mol. The van der Waals surface area contributed by atoms with Crippen LogP contribution >= 0.6 is 0 Å². The zero-order valence-electron chi connectivity index (χ0n) is 19.5. The molecular formula is C26H35N5O2. The van der Waals surface area contributed by atoms with Crippen LogP contribution in [-0.2, 0) is 17.8 Å². The first-order chi connectivity index (χ1) is 16.2. The van der Waals surface area contributed by atoms with E-state index in [-0.39, 0.29) is 11.5 Å². The van der Waals surface area contributed by atoms with Gasteiger partial charge in [-0.2, -0.15) is 0 Å². The van der Waals surface area contributed by atoms with E-state index in [4.69, 9.17) is 4.98 Å². The lowest BCUT2D eigenvalue weighted by Crippen LogP contribution is -2.41. The summed E-state index contributed by atoms with van der Waals surface area (Å²) in [5.41, 5.74) is 3.77. The van der Waals surface area contributed by atoms with Gasteiger partial charge in [0, 0.05) is 62.2 Å². The number of allylic oxidation sites excluding steroid dienone is 2. The van der Waals surface area contributed by atoms with E-state index in [0.29, 0.717) is 17.9 Å². The summed E-state index contributed by atoms with van der Waals surface area (Å²) in [5, 5.41) is 3.39. The highest BCUT2D eigenvalue weighted by atomic mass is 16.2. The Labute approximate surface area is 194 Å². The lowest BCUT2D eigenvalue weighted by molar-refractivity contribution is -0.136. The molecule has 1 saturated heterocycles. The maximum atomic E-state index is 13.4. The van der Waals surface area contributed by atoms with E-state index in [9.17, 15) is 9.59 Å². The highest BCUT2D eigenvalue weighted by molar-refractivity contribution is 5.79. The Morgan fingerprint density at radius 1 is 1.03 bits per heavy atom. The van der Waals surface area contributed by atoms with Crippen molar-refractivity contribution in [2.75, 3.05) is 19.6 Å². The van der Waals surface area contributed by atoms with Crippen LogP contribution in [0.1, 0.15) is 80.7 Å². The molecule has 2 aliphatic carbocycles. The van der Waals surface area contributed by atoms with Crippen molar-refractivity contribution in [1.29, 1.82) is 0 Å². The van der Waals surface area contributed by atoms with Crippen molar-refractivity contribution >= 4 is 11.6 Å². The van der Waals surface area contributed by atoms with Crippen LogP contribution in [0.15, 0.2) is 23.0 Å². The second-order valence-electron chi connectivity index (χ2n) is 10.5. The SMILES string of the molecule is O=C([C@H]1CC=CCC1)N1CCC(c2cc3nc4c(c(=O)n3[nH]2)CN(C2CCCC2)CC4)CC1. The van der Waals surface area contributed by atoms with E-state index >= 15 is 0 Å². The fourth-order valence-electron chi connectivity index (χ4n) is 6.50. The summed E-state index contributed by atoms with van der Waals surface area (Å²) in [6, 6.07) is 2.70. The topological polar surface area (TPSA) is 73.7 Å². The summed E-state index contributed by atoms with van der Waals surface area (Å²) in [7, 11) is 0. The Morgan fingerprint density at radius 3 is 2.61 bits per heavy atom. The van der Waals surface area contributed by atoms with E-state index in [1.807, 2.05) is 0 Å². The number of amides is 1. The van der Waals surface area contributed by atoms with Crippen molar-refractivity contribution in [2.45, 2.75) is 82.7 Å². The Morgan fingerprint density at radius 2 is 1.85 bits per heavy atom. The number of aromatic nitrogens is 3. The monoisotopic (exact) mass is 449 g/mol. The molecule has 7 nitrogen and oxygen atoms in total. The number of nitrogens with zero attached hydrogens (tertiary/aromatic N) is 4. The maximum Gasteiger partial charge on any atom is 0.277 e. The van der Waals surface area contributed by atoms with Gasteiger partial charge in [0.1, 0.15) is 0 Å². The van der Waals surface area contributed by atoms with Gasteiger partial charge >= 0.3 is 0 Å². The quantitative estimate of drug-likeness (QED) is 0.729. The van der Waals surface area contributed by atoms with Crippen molar-refractivity contribution in [3.05, 3.63) is 45.5 Å². The molecule has 176 valence electrons. The van der Waals surface area contributed by atoms with E-state index in [1.54, 1.807) is 4.52 Å². The largest absolute Gasteiger partial charge is 0.342 e. The first-order valence-corrected chi connectivity index (χ1v) is 13.0. The standard InChI is InChI=1S/C26H35N5O2/c32-25(19-6-2-1-3-7-19)29-13-10-18(11-14-29)23-16-24-27-22-12-15-30(20-8-4-5-9-20)17-21(22)26(33)31(24)28-23/h1-2,16,18-20,28H,3-15,17H2/t19-/m0/s1. The van der Waals surface area contributed by atoms with E-state index in [1.165, 1.54) is 25.7 Å². The first-order valence-electron chi connectivity index (χ1n) is 13.0. The average Bonchev–Trinajstić information content (AvgIpc) is 3.55. The van der Waals surface area contributed by atoms with Gasteiger partial charge in [-0.25, -0.2) is 9.50 Å². The number of likely N-dealkylation sites (tertiary alicyclic amines) is 1. The molecule has 7 heteroatoms. The number of carbonyl (C=O) groups is 1. The van der Waals surface area contributed by atoms with Gasteiger partial charge in [0.05, 0.1) is 11.3 Å². The van der Waals surface area contributed by atoms with Gasteiger partial charge < -0.3 is 4.90 Å². The molecule has 2 fully saturated rings. The highest BCUT2D eigenvalue weighted by Crippen LogP contribution is 2.31. The number of nitrogens with one attached hydrogen (secondary N) is 1. The molecule has 0 spiro atoms. The summed E-state index contributed by atoms with van der Waals surface area (Å²) in [6.07, 6.45) is 15.1. The molecule has 1 amide bonds. The lowest BCUT2D eigenvalue weighted by atomic mass is 9.90. The summed E-state index contributed by atoms with van der Waals surface area (Å²) < 4.78 is 1.66. The van der Waals surface area contributed by atoms with Crippen molar-refractivity contribution in [3.8, 4) is 0 Å². The van der Waals surface area contributed by atoms with Gasteiger partial charge in [-0.1, -0.05) is 25.0 Å². The molecule has 33 heavy (non-hydrogen) atoms. The normalized spacial score (nSPS) is 25.1. The number of fused-ring (bicyclic) bond motifs is 2. The van der Waals surface area contributed by atoms with E-state index in [2.05, 4.69) is 33.1 Å². The Kier molecular flexibility index (Phi) is 5.60. The Hall–Kier alpha value is -2.41. The molecule has 0 unspecified atom stereocenters. The molecule has 6 rings (SSSR count). The third-order valence-corrected chi connectivity index (χ3v) is 8.52. The van der Waals surface area contributed by atoms with Crippen LogP contribution in [0.2, 0.25) is 0 Å². The zero-order chi connectivity index (χ0) is 22.4. The number of carbonyl (C=O) groups excluding carboxylic acids is 1. The third-order valence-electron chi connectivity index (χ3n) is 8.52. The van der Waals surface area contributed by atoms with Crippen molar-refractivity contribution < 1.29 is 4.79 Å².